The van der Waals surface area contributed by atoms with Crippen LogP contribution in [0.2, 0.25) is 5.02 Å². The summed E-state index contributed by atoms with van der Waals surface area (Å²) in [6, 6.07) is 30.0. The number of halogens is 1. The van der Waals surface area contributed by atoms with Crippen LogP contribution in [0.15, 0.2) is 108 Å². The third-order valence-corrected chi connectivity index (χ3v) is 7.86. The number of hydrogen-bond acceptors (Lipinski definition) is 3. The molecule has 0 heterocycles. The van der Waals surface area contributed by atoms with E-state index < -0.39 is 22.0 Å². The number of carbonyl (C=O) groups excluding carboxylic acids is 1. The number of sulfonamides is 1. The van der Waals surface area contributed by atoms with E-state index in [2.05, 4.69) is 5.32 Å². The highest BCUT2D eigenvalue weighted by Crippen LogP contribution is 2.26. The standard InChI is InChI=1S/C29H27ClN2O3S/c1-21-11-15-26(16-12-21)32(36(34,35)27-17-13-25(30)14-18-27)20-28(33)31-29(23-8-4-3-5-9-23)24-10-6-7-22(2)19-24/h3-19,29H,20H2,1-2H3,(H,31,33). The van der Waals surface area contributed by atoms with Crippen molar-refractivity contribution in [2.75, 3.05) is 10.8 Å². The zero-order valence-electron chi connectivity index (χ0n) is 20.1. The molecule has 0 saturated heterocycles. The maximum absolute atomic E-state index is 13.6. The van der Waals surface area contributed by atoms with E-state index in [1.165, 1.54) is 24.3 Å². The van der Waals surface area contributed by atoms with Gasteiger partial charge in [-0.3, -0.25) is 9.10 Å². The number of hydrogen-bond donors (Lipinski definition) is 1. The van der Waals surface area contributed by atoms with Gasteiger partial charge in [-0.15, -0.1) is 0 Å². The molecule has 7 heteroatoms. The highest BCUT2D eigenvalue weighted by atomic mass is 35.5. The second-order valence-electron chi connectivity index (χ2n) is 8.63. The molecule has 0 saturated carbocycles. The Labute approximate surface area is 217 Å². The molecular formula is C29H27ClN2O3S. The Morgan fingerprint density at radius 2 is 1.44 bits per heavy atom. The molecule has 0 aliphatic carbocycles. The van der Waals surface area contributed by atoms with Gasteiger partial charge in [0.1, 0.15) is 6.54 Å². The summed E-state index contributed by atoms with van der Waals surface area (Å²) >= 11 is 5.97. The molecule has 36 heavy (non-hydrogen) atoms. The number of carbonyl (C=O) groups is 1. The first-order valence-electron chi connectivity index (χ1n) is 11.5. The summed E-state index contributed by atoms with van der Waals surface area (Å²) in [6.45, 7) is 3.52. The lowest BCUT2D eigenvalue weighted by Gasteiger charge is -2.26. The summed E-state index contributed by atoms with van der Waals surface area (Å²) in [6.07, 6.45) is 0. The molecule has 0 aliphatic rings. The fourth-order valence-corrected chi connectivity index (χ4v) is 5.50. The molecule has 0 spiro atoms. The number of nitrogens with one attached hydrogen (secondary N) is 1. The van der Waals surface area contributed by atoms with E-state index in [9.17, 15) is 13.2 Å². The predicted octanol–water partition coefficient (Wildman–Crippen LogP) is 6.06. The Hall–Kier alpha value is -3.61. The minimum absolute atomic E-state index is 0.0542. The third kappa shape index (κ3) is 5.96. The number of nitrogens with zero attached hydrogens (tertiary/aromatic N) is 1. The van der Waals surface area contributed by atoms with Gasteiger partial charge in [-0.25, -0.2) is 8.42 Å². The van der Waals surface area contributed by atoms with Crippen molar-refractivity contribution >= 4 is 33.2 Å². The molecule has 4 aromatic rings. The second kappa shape index (κ2) is 11.0. The maximum atomic E-state index is 13.6. The highest BCUT2D eigenvalue weighted by Gasteiger charge is 2.28. The van der Waals surface area contributed by atoms with E-state index in [0.717, 1.165) is 26.6 Å². The van der Waals surface area contributed by atoms with Gasteiger partial charge in [0.2, 0.25) is 5.91 Å². The lowest BCUT2D eigenvalue weighted by Crippen LogP contribution is -2.42. The van der Waals surface area contributed by atoms with Crippen LogP contribution in [0.4, 0.5) is 5.69 Å². The van der Waals surface area contributed by atoms with Crippen LogP contribution >= 0.6 is 11.6 Å². The lowest BCUT2D eigenvalue weighted by atomic mass is 9.97. The predicted molar refractivity (Wildman–Crippen MR) is 145 cm³/mol. The van der Waals surface area contributed by atoms with Crippen LogP contribution in [0, 0.1) is 13.8 Å². The smallest absolute Gasteiger partial charge is 0.264 e. The topological polar surface area (TPSA) is 66.5 Å². The van der Waals surface area contributed by atoms with Gasteiger partial charge in [0.05, 0.1) is 16.6 Å². The summed E-state index contributed by atoms with van der Waals surface area (Å²) < 4.78 is 28.4. The van der Waals surface area contributed by atoms with Gasteiger partial charge in [0.25, 0.3) is 10.0 Å². The largest absolute Gasteiger partial charge is 0.344 e. The van der Waals surface area contributed by atoms with Crippen LogP contribution in [-0.2, 0) is 14.8 Å². The first-order valence-corrected chi connectivity index (χ1v) is 13.3. The van der Waals surface area contributed by atoms with Crippen molar-refractivity contribution < 1.29 is 13.2 Å². The van der Waals surface area contributed by atoms with Crippen molar-refractivity contribution in [3.05, 3.63) is 130 Å². The number of aryl methyl sites for hydroxylation is 2. The van der Waals surface area contributed by atoms with Crippen molar-refractivity contribution in [1.29, 1.82) is 0 Å². The van der Waals surface area contributed by atoms with Gasteiger partial charge >= 0.3 is 0 Å². The summed E-state index contributed by atoms with van der Waals surface area (Å²) in [4.78, 5) is 13.5. The molecule has 4 aromatic carbocycles. The van der Waals surface area contributed by atoms with Gasteiger partial charge in [-0.05, 0) is 61.4 Å². The Kier molecular flexibility index (Phi) is 7.77. The van der Waals surface area contributed by atoms with Crippen LogP contribution in [-0.4, -0.2) is 20.9 Å². The Balaban J connectivity index is 1.68. The van der Waals surface area contributed by atoms with Crippen molar-refractivity contribution in [1.82, 2.24) is 5.32 Å². The fraction of sp³-hybridized carbons (Fsp3) is 0.138. The highest BCUT2D eigenvalue weighted by molar-refractivity contribution is 7.92. The van der Waals surface area contributed by atoms with Crippen LogP contribution in [0.5, 0.6) is 0 Å². The minimum Gasteiger partial charge on any atom is -0.344 e. The Morgan fingerprint density at radius 3 is 2.08 bits per heavy atom. The number of amides is 1. The Morgan fingerprint density at radius 1 is 0.806 bits per heavy atom. The van der Waals surface area contributed by atoms with Crippen LogP contribution < -0.4 is 9.62 Å². The van der Waals surface area contributed by atoms with E-state index in [1.807, 2.05) is 80.6 Å². The molecule has 184 valence electrons. The summed E-state index contributed by atoms with van der Waals surface area (Å²) in [5.74, 6) is -0.427. The first-order chi connectivity index (χ1) is 17.2. The summed E-state index contributed by atoms with van der Waals surface area (Å²) in [5.41, 5.74) is 4.26. The van der Waals surface area contributed by atoms with Gasteiger partial charge in [-0.1, -0.05) is 89.5 Å². The molecule has 1 atom stereocenters. The summed E-state index contributed by atoms with van der Waals surface area (Å²) in [7, 11) is -4.04. The first kappa shape index (κ1) is 25.5. The molecule has 0 bridgehead atoms. The van der Waals surface area contributed by atoms with Crippen molar-refractivity contribution in [2.24, 2.45) is 0 Å². The zero-order chi connectivity index (χ0) is 25.7. The second-order valence-corrected chi connectivity index (χ2v) is 10.9. The van der Waals surface area contributed by atoms with E-state index in [1.54, 1.807) is 12.1 Å². The van der Waals surface area contributed by atoms with Gasteiger partial charge in [-0.2, -0.15) is 0 Å². The molecule has 5 nitrogen and oxygen atoms in total. The number of rotatable bonds is 8. The van der Waals surface area contributed by atoms with Crippen molar-refractivity contribution in [3.8, 4) is 0 Å². The van der Waals surface area contributed by atoms with Crippen LogP contribution in [0.25, 0.3) is 0 Å². The summed E-state index contributed by atoms with van der Waals surface area (Å²) in [5, 5.41) is 3.48. The van der Waals surface area contributed by atoms with Crippen molar-refractivity contribution in [2.45, 2.75) is 24.8 Å². The third-order valence-electron chi connectivity index (χ3n) is 5.82. The van der Waals surface area contributed by atoms with Crippen LogP contribution in [0.3, 0.4) is 0 Å². The van der Waals surface area contributed by atoms with Gasteiger partial charge < -0.3 is 5.32 Å². The zero-order valence-corrected chi connectivity index (χ0v) is 21.6. The van der Waals surface area contributed by atoms with E-state index >= 15 is 0 Å². The van der Waals surface area contributed by atoms with Crippen LogP contribution in [0.1, 0.15) is 28.3 Å². The lowest BCUT2D eigenvalue weighted by molar-refractivity contribution is -0.120. The normalized spacial score (nSPS) is 12.1. The number of benzene rings is 4. The van der Waals surface area contributed by atoms with E-state index in [-0.39, 0.29) is 11.4 Å². The minimum atomic E-state index is -4.04. The molecule has 0 radical (unpaired) electrons. The van der Waals surface area contributed by atoms with Gasteiger partial charge in [0, 0.05) is 5.02 Å². The quantitative estimate of drug-likeness (QED) is 0.308. The molecule has 0 aromatic heterocycles. The number of anilines is 1. The Bertz CT molecular complexity index is 1440. The molecule has 0 fully saturated rings. The van der Waals surface area contributed by atoms with Gasteiger partial charge in [0.15, 0.2) is 0 Å². The average Bonchev–Trinajstić information content (AvgIpc) is 2.87. The van der Waals surface area contributed by atoms with E-state index in [4.69, 9.17) is 11.6 Å². The monoisotopic (exact) mass is 518 g/mol. The molecular weight excluding hydrogens is 492 g/mol. The maximum Gasteiger partial charge on any atom is 0.264 e. The molecule has 1 unspecified atom stereocenters. The van der Waals surface area contributed by atoms with Crippen molar-refractivity contribution in [3.63, 3.8) is 0 Å². The molecule has 0 aliphatic heterocycles. The molecule has 1 N–H and O–H groups in total. The SMILES string of the molecule is Cc1ccc(N(CC(=O)NC(c2ccccc2)c2cccc(C)c2)S(=O)(=O)c2ccc(Cl)cc2)cc1. The molecule has 1 amide bonds. The van der Waals surface area contributed by atoms with E-state index in [0.29, 0.717) is 10.7 Å². The fourth-order valence-electron chi connectivity index (χ4n) is 3.95. The average molecular weight is 519 g/mol. The molecule has 4 rings (SSSR count).